The van der Waals surface area contributed by atoms with Gasteiger partial charge in [0.2, 0.25) is 0 Å². The minimum Gasteiger partial charge on any atom is -0.507 e. The standard InChI is InChI=1S/C41H55N3O4/c1-6-7-8-9-10-11-12-13-14-16-33(45)28-47-23-15-24-48-34-19-22-37(38(46)27-34)41-43-39(35-20-17-29(2)25-31(35)4)42-40(44-41)36-21-18-30(3)26-32(36)5/h17-22,25-27,33,45-46H,6-16,23-24,28H2,1-5H3. The SMILES string of the molecule is CCCCCCCCCCCC(O)COCCCOc1ccc(-c2nc(-c3ccc(C)cc3C)nc(-c3ccc(C)cc3C)n2)c(O)c1. The summed E-state index contributed by atoms with van der Waals surface area (Å²) in [7, 11) is 0. The zero-order valence-corrected chi connectivity index (χ0v) is 29.7. The molecule has 1 unspecified atom stereocenters. The highest BCUT2D eigenvalue weighted by atomic mass is 16.5. The van der Waals surface area contributed by atoms with Gasteiger partial charge in [0.1, 0.15) is 11.5 Å². The molecule has 7 nitrogen and oxygen atoms in total. The Bertz CT molecular complexity index is 1520. The Morgan fingerprint density at radius 1 is 0.604 bits per heavy atom. The van der Waals surface area contributed by atoms with Crippen molar-refractivity contribution in [2.75, 3.05) is 19.8 Å². The van der Waals surface area contributed by atoms with E-state index < -0.39 is 6.10 Å². The molecule has 0 aliphatic rings. The van der Waals surface area contributed by atoms with Crippen LogP contribution in [-0.2, 0) is 4.74 Å². The van der Waals surface area contributed by atoms with Crippen LogP contribution in [0.1, 0.15) is 99.8 Å². The molecule has 0 spiro atoms. The summed E-state index contributed by atoms with van der Waals surface area (Å²) in [5.41, 5.74) is 6.84. The van der Waals surface area contributed by atoms with E-state index in [-0.39, 0.29) is 5.75 Å². The number of benzene rings is 3. The second-order valence-corrected chi connectivity index (χ2v) is 13.2. The molecule has 48 heavy (non-hydrogen) atoms. The first-order valence-corrected chi connectivity index (χ1v) is 17.9. The summed E-state index contributed by atoms with van der Waals surface area (Å²) in [6.07, 6.45) is 12.5. The topological polar surface area (TPSA) is 97.6 Å². The average molecular weight is 654 g/mol. The Labute approximate surface area is 287 Å². The zero-order chi connectivity index (χ0) is 34.3. The third-order valence-corrected chi connectivity index (χ3v) is 8.74. The number of aliphatic hydroxyl groups excluding tert-OH is 1. The van der Waals surface area contributed by atoms with Crippen molar-refractivity contribution in [3.63, 3.8) is 0 Å². The van der Waals surface area contributed by atoms with Gasteiger partial charge >= 0.3 is 0 Å². The molecule has 7 heteroatoms. The summed E-state index contributed by atoms with van der Waals surface area (Å²) in [6.45, 7) is 11.8. The number of phenolic OH excluding ortho intramolecular Hbond substituents is 1. The predicted molar refractivity (Wildman–Crippen MR) is 196 cm³/mol. The Morgan fingerprint density at radius 3 is 1.67 bits per heavy atom. The van der Waals surface area contributed by atoms with Crippen molar-refractivity contribution in [1.29, 1.82) is 0 Å². The number of hydrogen-bond acceptors (Lipinski definition) is 7. The fourth-order valence-corrected chi connectivity index (χ4v) is 6.00. The maximum atomic E-state index is 11.1. The van der Waals surface area contributed by atoms with E-state index in [1.807, 2.05) is 18.2 Å². The lowest BCUT2D eigenvalue weighted by Crippen LogP contribution is -2.16. The fraction of sp³-hybridized carbons (Fsp3) is 0.488. The van der Waals surface area contributed by atoms with Gasteiger partial charge in [0.25, 0.3) is 0 Å². The molecule has 1 heterocycles. The van der Waals surface area contributed by atoms with E-state index in [1.54, 1.807) is 12.1 Å². The highest BCUT2D eigenvalue weighted by Crippen LogP contribution is 2.34. The zero-order valence-electron chi connectivity index (χ0n) is 29.7. The number of aliphatic hydroxyl groups is 1. The van der Waals surface area contributed by atoms with Gasteiger partial charge in [-0.1, -0.05) is 112 Å². The van der Waals surface area contributed by atoms with Gasteiger partial charge in [-0.25, -0.2) is 15.0 Å². The summed E-state index contributed by atoms with van der Waals surface area (Å²) in [5, 5.41) is 21.3. The van der Waals surface area contributed by atoms with Crippen molar-refractivity contribution < 1.29 is 19.7 Å². The molecule has 258 valence electrons. The van der Waals surface area contributed by atoms with E-state index >= 15 is 0 Å². The first-order chi connectivity index (χ1) is 23.2. The minimum absolute atomic E-state index is 0.0349. The number of nitrogens with zero attached hydrogens (tertiary/aromatic N) is 3. The molecule has 4 rings (SSSR count). The molecular formula is C41H55N3O4. The van der Waals surface area contributed by atoms with Crippen LogP contribution in [0.25, 0.3) is 34.2 Å². The van der Waals surface area contributed by atoms with Crippen molar-refractivity contribution in [3.8, 4) is 45.7 Å². The monoisotopic (exact) mass is 653 g/mol. The first-order valence-electron chi connectivity index (χ1n) is 17.9. The summed E-state index contributed by atoms with van der Waals surface area (Å²) < 4.78 is 11.6. The molecule has 3 aromatic carbocycles. The Balaban J connectivity index is 1.30. The van der Waals surface area contributed by atoms with Crippen LogP contribution in [0, 0.1) is 27.7 Å². The first kappa shape index (κ1) is 37.0. The van der Waals surface area contributed by atoms with Crippen molar-refractivity contribution in [1.82, 2.24) is 15.0 Å². The quantitative estimate of drug-likeness (QED) is 0.0916. The van der Waals surface area contributed by atoms with Crippen LogP contribution in [-0.4, -0.2) is 51.1 Å². The largest absolute Gasteiger partial charge is 0.507 e. The molecule has 1 aromatic heterocycles. The van der Waals surface area contributed by atoms with Gasteiger partial charge in [-0.2, -0.15) is 0 Å². The van der Waals surface area contributed by atoms with Crippen molar-refractivity contribution >= 4 is 0 Å². The molecule has 0 saturated heterocycles. The van der Waals surface area contributed by atoms with Crippen LogP contribution in [0.3, 0.4) is 0 Å². The number of aromatic nitrogens is 3. The lowest BCUT2D eigenvalue weighted by molar-refractivity contribution is 0.0271. The molecular weight excluding hydrogens is 598 g/mol. The predicted octanol–water partition coefficient (Wildman–Crippen LogP) is 9.88. The van der Waals surface area contributed by atoms with E-state index in [0.717, 1.165) is 35.1 Å². The normalized spacial score (nSPS) is 12.0. The highest BCUT2D eigenvalue weighted by molar-refractivity contribution is 5.72. The molecule has 0 aliphatic carbocycles. The Hall–Kier alpha value is -3.81. The van der Waals surface area contributed by atoms with Gasteiger partial charge in [-0.05, 0) is 57.4 Å². The van der Waals surface area contributed by atoms with Crippen LogP contribution in [0.4, 0.5) is 0 Å². The average Bonchev–Trinajstić information content (AvgIpc) is 3.05. The molecule has 2 N–H and O–H groups in total. The maximum absolute atomic E-state index is 11.1. The molecule has 0 radical (unpaired) electrons. The molecule has 0 fully saturated rings. The van der Waals surface area contributed by atoms with Crippen LogP contribution >= 0.6 is 0 Å². The van der Waals surface area contributed by atoms with E-state index in [9.17, 15) is 10.2 Å². The lowest BCUT2D eigenvalue weighted by Gasteiger charge is -2.13. The number of phenols is 1. The van der Waals surface area contributed by atoms with Crippen LogP contribution in [0.5, 0.6) is 11.5 Å². The second-order valence-electron chi connectivity index (χ2n) is 13.2. The van der Waals surface area contributed by atoms with Gasteiger partial charge in [-0.15, -0.1) is 0 Å². The van der Waals surface area contributed by atoms with Gasteiger partial charge in [0, 0.05) is 30.2 Å². The molecule has 1 atom stereocenters. The van der Waals surface area contributed by atoms with E-state index in [2.05, 4.69) is 58.9 Å². The maximum Gasteiger partial charge on any atom is 0.167 e. The number of aryl methyl sites for hydroxylation is 4. The lowest BCUT2D eigenvalue weighted by atomic mass is 10.0. The van der Waals surface area contributed by atoms with Crippen LogP contribution < -0.4 is 4.74 Å². The third kappa shape index (κ3) is 11.4. The number of ether oxygens (including phenoxy) is 2. The Kier molecular flexibility index (Phi) is 14.8. The van der Waals surface area contributed by atoms with Gasteiger partial charge in [0.05, 0.1) is 24.9 Å². The summed E-state index contributed by atoms with van der Waals surface area (Å²) >= 11 is 0. The van der Waals surface area contributed by atoms with Gasteiger partial charge < -0.3 is 19.7 Å². The number of rotatable bonds is 20. The molecule has 4 aromatic rings. The summed E-state index contributed by atoms with van der Waals surface area (Å²) in [5.74, 6) is 2.11. The molecule has 0 amide bonds. The van der Waals surface area contributed by atoms with E-state index in [1.165, 1.54) is 62.5 Å². The number of unbranched alkanes of at least 4 members (excludes halogenated alkanes) is 8. The van der Waals surface area contributed by atoms with Crippen LogP contribution in [0.2, 0.25) is 0 Å². The van der Waals surface area contributed by atoms with Crippen molar-refractivity contribution in [3.05, 3.63) is 76.9 Å². The summed E-state index contributed by atoms with van der Waals surface area (Å²) in [6, 6.07) is 17.6. The molecule has 0 bridgehead atoms. The Morgan fingerprint density at radius 2 is 1.12 bits per heavy atom. The van der Waals surface area contributed by atoms with Crippen molar-refractivity contribution in [2.24, 2.45) is 0 Å². The molecule has 0 saturated carbocycles. The number of aromatic hydroxyl groups is 1. The third-order valence-electron chi connectivity index (χ3n) is 8.74. The van der Waals surface area contributed by atoms with Crippen LogP contribution in [0.15, 0.2) is 54.6 Å². The van der Waals surface area contributed by atoms with E-state index in [0.29, 0.717) is 55.0 Å². The summed E-state index contributed by atoms with van der Waals surface area (Å²) in [4.78, 5) is 14.5. The smallest absolute Gasteiger partial charge is 0.167 e. The molecule has 0 aliphatic heterocycles. The van der Waals surface area contributed by atoms with E-state index in [4.69, 9.17) is 24.4 Å². The highest BCUT2D eigenvalue weighted by Gasteiger charge is 2.17. The second kappa shape index (κ2) is 19.3. The van der Waals surface area contributed by atoms with Crippen molar-refractivity contribution in [2.45, 2.75) is 111 Å². The van der Waals surface area contributed by atoms with Gasteiger partial charge in [-0.3, -0.25) is 0 Å². The number of hydrogen-bond donors (Lipinski definition) is 2. The fourth-order valence-electron chi connectivity index (χ4n) is 6.00. The minimum atomic E-state index is -0.416. The van der Waals surface area contributed by atoms with Gasteiger partial charge in [0.15, 0.2) is 17.5 Å².